The quantitative estimate of drug-likeness (QED) is 0.674. The molecule has 0 bridgehead atoms. The summed E-state index contributed by atoms with van der Waals surface area (Å²) in [6.45, 7) is 1.29. The fourth-order valence-corrected chi connectivity index (χ4v) is 2.17. The average molecular weight is 191 g/mol. The zero-order chi connectivity index (χ0) is 9.54. The van der Waals surface area contributed by atoms with E-state index >= 15 is 0 Å². The number of aryl methyl sites for hydroxylation is 1. The van der Waals surface area contributed by atoms with Crippen molar-refractivity contribution in [1.82, 2.24) is 0 Å². The predicted molar refractivity (Wildman–Crippen MR) is 52.7 cm³/mol. The first-order valence-corrected chi connectivity index (χ1v) is 5.02. The molecule has 0 aromatic heterocycles. The van der Waals surface area contributed by atoms with Crippen LogP contribution in [-0.4, -0.2) is 13.2 Å². The average Bonchev–Trinajstić information content (AvgIpc) is 2.57. The normalized spacial score (nSPS) is 23.4. The molecule has 0 fully saturated rings. The van der Waals surface area contributed by atoms with Crippen molar-refractivity contribution < 1.29 is 9.47 Å². The maximum absolute atomic E-state index is 5.98. The highest BCUT2D eigenvalue weighted by molar-refractivity contribution is 5.50. The topological polar surface area (TPSA) is 44.5 Å². The van der Waals surface area contributed by atoms with Gasteiger partial charge in [0.05, 0.1) is 0 Å². The number of fused-ring (bicyclic) bond motifs is 2. The Balaban J connectivity index is 2.11. The lowest BCUT2D eigenvalue weighted by Crippen LogP contribution is -2.16. The van der Waals surface area contributed by atoms with E-state index in [0.717, 1.165) is 24.3 Å². The third-order valence-electron chi connectivity index (χ3n) is 2.93. The summed E-state index contributed by atoms with van der Waals surface area (Å²) < 4.78 is 11.0. The van der Waals surface area contributed by atoms with Gasteiger partial charge >= 0.3 is 0 Å². The maximum atomic E-state index is 5.98. The molecule has 3 rings (SSSR count). The molecule has 3 heteroatoms. The fourth-order valence-electron chi connectivity index (χ4n) is 2.17. The highest BCUT2D eigenvalue weighted by atomic mass is 16.6. The second-order valence-electron chi connectivity index (χ2n) is 3.84. The molecule has 0 unspecified atom stereocenters. The zero-order valence-electron chi connectivity index (χ0n) is 7.95. The number of benzene rings is 1. The van der Waals surface area contributed by atoms with Crippen molar-refractivity contribution in [3.8, 4) is 11.5 Å². The van der Waals surface area contributed by atoms with Gasteiger partial charge in [0.2, 0.25) is 0 Å². The molecule has 2 aliphatic rings. The third-order valence-corrected chi connectivity index (χ3v) is 2.93. The van der Waals surface area contributed by atoms with E-state index in [-0.39, 0.29) is 6.04 Å². The van der Waals surface area contributed by atoms with Crippen LogP contribution in [0.15, 0.2) is 12.1 Å². The summed E-state index contributed by atoms with van der Waals surface area (Å²) in [5.74, 6) is 1.73. The van der Waals surface area contributed by atoms with Gasteiger partial charge in [-0.05, 0) is 36.1 Å². The molecule has 1 aliphatic carbocycles. The standard InChI is InChI=1S/C11H13NO2/c12-9-2-1-7-5-10-11(6-8(7)9)14-4-3-13-10/h5-6,9H,1-4,12H2/t9-/m1/s1. The smallest absolute Gasteiger partial charge is 0.161 e. The van der Waals surface area contributed by atoms with Crippen LogP contribution in [0.4, 0.5) is 0 Å². The maximum Gasteiger partial charge on any atom is 0.161 e. The minimum absolute atomic E-state index is 0.181. The summed E-state index contributed by atoms with van der Waals surface area (Å²) in [7, 11) is 0. The summed E-state index contributed by atoms with van der Waals surface area (Å²) in [5.41, 5.74) is 8.53. The van der Waals surface area contributed by atoms with Crippen LogP contribution in [0, 0.1) is 0 Å². The van der Waals surface area contributed by atoms with Crippen LogP contribution in [0.5, 0.6) is 11.5 Å². The molecule has 1 aliphatic heterocycles. The lowest BCUT2D eigenvalue weighted by Gasteiger charge is -2.20. The van der Waals surface area contributed by atoms with Crippen molar-refractivity contribution in [1.29, 1.82) is 0 Å². The van der Waals surface area contributed by atoms with Gasteiger partial charge in [0.1, 0.15) is 13.2 Å². The minimum atomic E-state index is 0.181. The molecule has 1 aromatic carbocycles. The van der Waals surface area contributed by atoms with Crippen molar-refractivity contribution in [3.05, 3.63) is 23.3 Å². The summed E-state index contributed by atoms with van der Waals surface area (Å²) in [5, 5.41) is 0. The molecule has 3 nitrogen and oxygen atoms in total. The van der Waals surface area contributed by atoms with Crippen molar-refractivity contribution >= 4 is 0 Å². The number of nitrogens with two attached hydrogens (primary N) is 1. The van der Waals surface area contributed by atoms with E-state index in [9.17, 15) is 0 Å². The molecule has 1 aromatic rings. The lowest BCUT2D eigenvalue weighted by atomic mass is 10.1. The highest BCUT2D eigenvalue weighted by Crippen LogP contribution is 2.39. The Morgan fingerprint density at radius 1 is 1.14 bits per heavy atom. The second-order valence-corrected chi connectivity index (χ2v) is 3.84. The molecule has 14 heavy (non-hydrogen) atoms. The first kappa shape index (κ1) is 8.12. The molecule has 74 valence electrons. The molecular formula is C11H13NO2. The van der Waals surface area contributed by atoms with E-state index in [0.29, 0.717) is 13.2 Å². The van der Waals surface area contributed by atoms with E-state index < -0.39 is 0 Å². The summed E-state index contributed by atoms with van der Waals surface area (Å²) >= 11 is 0. The van der Waals surface area contributed by atoms with Crippen molar-refractivity contribution in [2.45, 2.75) is 18.9 Å². The predicted octanol–water partition coefficient (Wildman–Crippen LogP) is 1.40. The molecule has 0 radical (unpaired) electrons. The van der Waals surface area contributed by atoms with Crippen LogP contribution in [0.3, 0.4) is 0 Å². The van der Waals surface area contributed by atoms with E-state index in [1.807, 2.05) is 6.07 Å². The Bertz CT molecular complexity index is 375. The molecule has 2 N–H and O–H groups in total. The Kier molecular flexibility index (Phi) is 1.67. The van der Waals surface area contributed by atoms with Gasteiger partial charge in [-0.15, -0.1) is 0 Å². The van der Waals surface area contributed by atoms with Gasteiger partial charge in [0.15, 0.2) is 11.5 Å². The van der Waals surface area contributed by atoms with Crippen molar-refractivity contribution in [3.63, 3.8) is 0 Å². The number of ether oxygens (including phenoxy) is 2. The Morgan fingerprint density at radius 3 is 2.64 bits per heavy atom. The first-order valence-electron chi connectivity index (χ1n) is 5.02. The largest absolute Gasteiger partial charge is 0.486 e. The lowest BCUT2D eigenvalue weighted by molar-refractivity contribution is 0.171. The molecule has 0 spiro atoms. The summed E-state index contributed by atoms with van der Waals surface area (Å²) in [4.78, 5) is 0. The number of rotatable bonds is 0. The minimum Gasteiger partial charge on any atom is -0.486 e. The Hall–Kier alpha value is -1.22. The summed E-state index contributed by atoms with van der Waals surface area (Å²) in [6.07, 6.45) is 2.10. The number of hydrogen-bond donors (Lipinski definition) is 1. The molecule has 1 atom stereocenters. The van der Waals surface area contributed by atoms with E-state index in [4.69, 9.17) is 15.2 Å². The van der Waals surface area contributed by atoms with Gasteiger partial charge in [0, 0.05) is 6.04 Å². The zero-order valence-corrected chi connectivity index (χ0v) is 7.95. The SMILES string of the molecule is N[C@@H]1CCc2cc3c(cc21)OCCO3. The van der Waals surface area contributed by atoms with Crippen molar-refractivity contribution in [2.24, 2.45) is 5.73 Å². The summed E-state index contributed by atoms with van der Waals surface area (Å²) in [6, 6.07) is 4.30. The first-order chi connectivity index (χ1) is 6.84. The van der Waals surface area contributed by atoms with Crippen LogP contribution in [0.25, 0.3) is 0 Å². The number of hydrogen-bond acceptors (Lipinski definition) is 3. The molecule has 0 saturated carbocycles. The van der Waals surface area contributed by atoms with Crippen LogP contribution < -0.4 is 15.2 Å². The van der Waals surface area contributed by atoms with Gasteiger partial charge in [-0.3, -0.25) is 0 Å². The van der Waals surface area contributed by atoms with Gasteiger partial charge in [0.25, 0.3) is 0 Å². The Morgan fingerprint density at radius 2 is 1.86 bits per heavy atom. The molecule has 1 heterocycles. The van der Waals surface area contributed by atoms with Gasteiger partial charge in [-0.25, -0.2) is 0 Å². The monoisotopic (exact) mass is 191 g/mol. The molecule has 0 saturated heterocycles. The second kappa shape index (κ2) is 2.89. The van der Waals surface area contributed by atoms with Crippen molar-refractivity contribution in [2.75, 3.05) is 13.2 Å². The van der Waals surface area contributed by atoms with Gasteiger partial charge in [-0.1, -0.05) is 0 Å². The fraction of sp³-hybridized carbons (Fsp3) is 0.455. The van der Waals surface area contributed by atoms with Crippen LogP contribution in [-0.2, 0) is 6.42 Å². The van der Waals surface area contributed by atoms with Crippen LogP contribution in [0.2, 0.25) is 0 Å². The van der Waals surface area contributed by atoms with Crippen LogP contribution in [0.1, 0.15) is 23.6 Å². The third kappa shape index (κ3) is 1.09. The van der Waals surface area contributed by atoms with Crippen LogP contribution >= 0.6 is 0 Å². The van der Waals surface area contributed by atoms with Gasteiger partial charge < -0.3 is 15.2 Å². The highest BCUT2D eigenvalue weighted by Gasteiger charge is 2.23. The van der Waals surface area contributed by atoms with E-state index in [2.05, 4.69) is 6.07 Å². The van der Waals surface area contributed by atoms with E-state index in [1.54, 1.807) is 0 Å². The van der Waals surface area contributed by atoms with Gasteiger partial charge in [-0.2, -0.15) is 0 Å². The molecule has 0 amide bonds. The van der Waals surface area contributed by atoms with E-state index in [1.165, 1.54) is 11.1 Å². The Labute approximate surface area is 82.8 Å². The molecular weight excluding hydrogens is 178 g/mol.